The lowest BCUT2D eigenvalue weighted by atomic mass is 9.43. The minimum Gasteiger partial charge on any atom is -0.404 e. The van der Waals surface area contributed by atoms with E-state index in [0.717, 1.165) is 41.6 Å². The highest BCUT2D eigenvalue weighted by Gasteiger charge is 2.68. The number of nitrogens with one attached hydrogen (secondary N) is 3. The second kappa shape index (κ2) is 14.0. The van der Waals surface area contributed by atoms with E-state index in [-0.39, 0.29) is 48.3 Å². The molecule has 4 heterocycles. The van der Waals surface area contributed by atoms with Crippen molar-refractivity contribution in [3.63, 3.8) is 0 Å². The SMILES string of the molecule is CC[C@H](NC(=O)[C@@H]1C[C@@](C)(CC(=O)Nc2cc(C)nc3ccccc23)c2ncc(NCc3cccc(C(F)(F)F)c3)c(=O)n21)B1O[C@@H]2C[C@@H]3C[C@@H](C3(C)C)[C@]2(C)O1. The number of carbonyl (C=O) groups is 2. The first kappa shape index (κ1) is 39.1. The molecular weight excluding hydrogens is 736 g/mol. The Balaban J connectivity index is 1.07. The Hall–Kier alpha value is -4.76. The molecule has 2 aromatic heterocycles. The number of carbonyl (C=O) groups excluding carboxylic acids is 2. The van der Waals surface area contributed by atoms with Gasteiger partial charge in [-0.05, 0) is 86.6 Å². The van der Waals surface area contributed by atoms with Crippen LogP contribution >= 0.6 is 0 Å². The largest absolute Gasteiger partial charge is 0.481 e. The molecule has 7 atom stereocenters. The first-order valence-electron chi connectivity index (χ1n) is 19.7. The maximum Gasteiger partial charge on any atom is 0.481 e. The summed E-state index contributed by atoms with van der Waals surface area (Å²) in [7, 11) is -0.684. The standard InChI is InChI=1S/C42H48BF3N6O5/c1-7-34(43-56-33-18-26-17-32(39(26,3)4)41(33,6)57-43)51-36(54)31-19-40(5,20-35(53)50-29-15-23(2)49-28-14-9-8-13-27(28)29)38-48-22-30(37(55)52(31)38)47-21-24-11-10-12-25(16-24)42(44,45)46/h8-16,22,26,31-34,47H,7,17-21H2,1-6H3,(H,51,54)(H,49,50,53)/t26-,31-,32-,33+,34-,40-,41-/m0/s1. The average molecular weight is 785 g/mol. The van der Waals surface area contributed by atoms with E-state index in [2.05, 4.69) is 46.7 Å². The molecule has 0 unspecified atom stereocenters. The van der Waals surface area contributed by atoms with Gasteiger partial charge in [0.1, 0.15) is 17.6 Å². The molecule has 0 spiro atoms. The molecule has 300 valence electrons. The lowest BCUT2D eigenvalue weighted by Crippen LogP contribution is -2.65. The number of aromatic nitrogens is 3. The fourth-order valence-corrected chi connectivity index (χ4v) is 10.0. The molecule has 2 aromatic carbocycles. The quantitative estimate of drug-likeness (QED) is 0.145. The van der Waals surface area contributed by atoms with E-state index in [4.69, 9.17) is 9.31 Å². The van der Waals surface area contributed by atoms with E-state index < -0.39 is 53.3 Å². The van der Waals surface area contributed by atoms with Crippen LogP contribution in [0.4, 0.5) is 24.5 Å². The van der Waals surface area contributed by atoms with Gasteiger partial charge in [-0.15, -0.1) is 0 Å². The summed E-state index contributed by atoms with van der Waals surface area (Å²) in [6.07, 6.45) is -0.822. The predicted molar refractivity (Wildman–Crippen MR) is 210 cm³/mol. The van der Waals surface area contributed by atoms with Gasteiger partial charge in [-0.3, -0.25) is 23.9 Å². The van der Waals surface area contributed by atoms with Crippen molar-refractivity contribution in [2.45, 2.75) is 115 Å². The van der Waals surface area contributed by atoms with Crippen LogP contribution in [0.1, 0.15) is 95.4 Å². The van der Waals surface area contributed by atoms with Gasteiger partial charge in [-0.1, -0.05) is 58.0 Å². The highest BCUT2D eigenvalue weighted by molar-refractivity contribution is 6.47. The summed E-state index contributed by atoms with van der Waals surface area (Å²) in [6.45, 7) is 12.2. The van der Waals surface area contributed by atoms with Gasteiger partial charge in [0.2, 0.25) is 11.8 Å². The number of hydrogen-bond acceptors (Lipinski definition) is 8. The van der Waals surface area contributed by atoms with Gasteiger partial charge in [-0.2, -0.15) is 13.2 Å². The van der Waals surface area contributed by atoms with Crippen LogP contribution in [0.15, 0.2) is 65.6 Å². The predicted octanol–water partition coefficient (Wildman–Crippen LogP) is 7.12. The van der Waals surface area contributed by atoms with Gasteiger partial charge in [0, 0.05) is 29.5 Å². The van der Waals surface area contributed by atoms with Crippen LogP contribution in [-0.2, 0) is 37.0 Å². The van der Waals surface area contributed by atoms with Crippen molar-refractivity contribution in [1.29, 1.82) is 0 Å². The number of aryl methyl sites for hydroxylation is 1. The Morgan fingerprint density at radius 2 is 1.82 bits per heavy atom. The van der Waals surface area contributed by atoms with Gasteiger partial charge in [0.15, 0.2) is 0 Å². The molecule has 5 aliphatic rings. The third kappa shape index (κ3) is 6.79. The van der Waals surface area contributed by atoms with Crippen molar-refractivity contribution in [3.8, 4) is 0 Å². The van der Waals surface area contributed by atoms with Gasteiger partial charge in [-0.25, -0.2) is 4.98 Å². The van der Waals surface area contributed by atoms with Crippen molar-refractivity contribution in [1.82, 2.24) is 19.9 Å². The molecule has 3 saturated carbocycles. The zero-order valence-electron chi connectivity index (χ0n) is 33.0. The van der Waals surface area contributed by atoms with Crippen LogP contribution in [0, 0.1) is 24.2 Å². The van der Waals surface area contributed by atoms with Crippen molar-refractivity contribution in [2.75, 3.05) is 10.6 Å². The lowest BCUT2D eigenvalue weighted by Gasteiger charge is -2.64. The molecule has 9 rings (SSSR count). The number of rotatable bonds is 10. The van der Waals surface area contributed by atoms with Crippen molar-refractivity contribution in [2.24, 2.45) is 17.3 Å². The Bertz CT molecular complexity index is 2320. The second-order valence-electron chi connectivity index (χ2n) is 17.4. The molecule has 57 heavy (non-hydrogen) atoms. The number of hydrogen-bond donors (Lipinski definition) is 3. The number of halogens is 3. The molecule has 2 amide bonds. The summed E-state index contributed by atoms with van der Waals surface area (Å²) in [6, 6.07) is 13.1. The van der Waals surface area contributed by atoms with E-state index in [1.54, 1.807) is 6.07 Å². The fraction of sp³-hybridized carbons (Fsp3) is 0.500. The highest BCUT2D eigenvalue weighted by atomic mass is 19.4. The molecule has 2 aliphatic heterocycles. The van der Waals surface area contributed by atoms with Crippen molar-refractivity contribution >= 4 is 41.2 Å². The molecule has 3 N–H and O–H groups in total. The summed E-state index contributed by atoms with van der Waals surface area (Å²) < 4.78 is 54.8. The molecule has 4 fully saturated rings. The number of alkyl halides is 3. The smallest absolute Gasteiger partial charge is 0.404 e. The lowest BCUT2D eigenvalue weighted by molar-refractivity contribution is -0.199. The third-order valence-corrected chi connectivity index (χ3v) is 13.3. The number of fused-ring (bicyclic) bond motifs is 2. The number of pyridine rings is 1. The summed E-state index contributed by atoms with van der Waals surface area (Å²) in [5.74, 6) is -0.157. The Labute approximate surface area is 329 Å². The molecule has 1 saturated heterocycles. The summed E-state index contributed by atoms with van der Waals surface area (Å²) >= 11 is 0. The first-order valence-corrected chi connectivity index (χ1v) is 19.7. The zero-order chi connectivity index (χ0) is 40.7. The summed E-state index contributed by atoms with van der Waals surface area (Å²) in [4.78, 5) is 51.9. The zero-order valence-corrected chi connectivity index (χ0v) is 33.0. The molecule has 4 aromatic rings. The van der Waals surface area contributed by atoms with E-state index in [1.807, 2.05) is 45.0 Å². The molecular formula is C42H48BF3N6O5. The van der Waals surface area contributed by atoms with Crippen molar-refractivity contribution in [3.05, 3.63) is 93.8 Å². The van der Waals surface area contributed by atoms with Crippen molar-refractivity contribution < 1.29 is 32.1 Å². The minimum atomic E-state index is -4.52. The normalized spacial score (nSPS) is 27.6. The molecule has 11 nitrogen and oxygen atoms in total. The second-order valence-corrected chi connectivity index (χ2v) is 17.4. The maximum atomic E-state index is 14.5. The van der Waals surface area contributed by atoms with E-state index >= 15 is 0 Å². The van der Waals surface area contributed by atoms with Gasteiger partial charge in [0.25, 0.3) is 5.56 Å². The van der Waals surface area contributed by atoms with Crippen LogP contribution in [0.5, 0.6) is 0 Å². The fourth-order valence-electron chi connectivity index (χ4n) is 10.0. The highest BCUT2D eigenvalue weighted by Crippen LogP contribution is 2.65. The first-order chi connectivity index (χ1) is 26.9. The Morgan fingerprint density at radius 3 is 2.56 bits per heavy atom. The van der Waals surface area contributed by atoms with E-state index in [1.165, 1.54) is 22.9 Å². The van der Waals surface area contributed by atoms with E-state index in [9.17, 15) is 27.6 Å². The van der Waals surface area contributed by atoms with Crippen LogP contribution < -0.4 is 21.5 Å². The van der Waals surface area contributed by atoms with E-state index in [0.29, 0.717) is 29.5 Å². The van der Waals surface area contributed by atoms with Gasteiger partial charge in [0.05, 0.1) is 40.6 Å². The molecule has 2 bridgehead atoms. The average Bonchev–Trinajstić information content (AvgIpc) is 3.67. The van der Waals surface area contributed by atoms with Gasteiger partial charge < -0.3 is 25.3 Å². The van der Waals surface area contributed by atoms with Crippen LogP contribution in [0.2, 0.25) is 0 Å². The van der Waals surface area contributed by atoms with Crippen LogP contribution in [0.25, 0.3) is 10.9 Å². The Morgan fingerprint density at radius 1 is 1.05 bits per heavy atom. The summed E-state index contributed by atoms with van der Waals surface area (Å²) in [5, 5.41) is 9.89. The third-order valence-electron chi connectivity index (χ3n) is 13.3. The summed E-state index contributed by atoms with van der Waals surface area (Å²) in [5.41, 5.74) is -0.404. The number of para-hydroxylation sites is 1. The Kier molecular flexibility index (Phi) is 9.58. The number of benzene rings is 2. The monoisotopic (exact) mass is 784 g/mol. The molecule has 3 aliphatic carbocycles. The number of anilines is 2. The number of nitrogens with zero attached hydrogens (tertiary/aromatic N) is 3. The number of amides is 2. The topological polar surface area (TPSA) is 136 Å². The minimum absolute atomic E-state index is 0.00879. The maximum absolute atomic E-state index is 14.5. The molecule has 0 radical (unpaired) electrons. The van der Waals surface area contributed by atoms with Crippen LogP contribution in [0.3, 0.4) is 0 Å². The van der Waals surface area contributed by atoms with Gasteiger partial charge >= 0.3 is 13.3 Å². The van der Waals surface area contributed by atoms with Crippen LogP contribution in [-0.4, -0.2) is 51.1 Å². The molecule has 15 heteroatoms.